The lowest BCUT2D eigenvalue weighted by Crippen LogP contribution is -2.29. The Labute approximate surface area is 175 Å². The van der Waals surface area contributed by atoms with Crippen LogP contribution < -0.4 is 10.2 Å². The summed E-state index contributed by atoms with van der Waals surface area (Å²) < 4.78 is 0. The van der Waals surface area contributed by atoms with Crippen molar-refractivity contribution in [1.29, 1.82) is 0 Å². The molecule has 0 saturated carbocycles. The van der Waals surface area contributed by atoms with Crippen LogP contribution in [0.2, 0.25) is 0 Å². The predicted molar refractivity (Wildman–Crippen MR) is 119 cm³/mol. The van der Waals surface area contributed by atoms with Crippen molar-refractivity contribution in [2.24, 2.45) is 0 Å². The quantitative estimate of drug-likeness (QED) is 0.500. The third-order valence-corrected chi connectivity index (χ3v) is 5.91. The van der Waals surface area contributed by atoms with E-state index in [1.807, 2.05) is 44.4 Å². The molecule has 1 N–H and O–H groups in total. The van der Waals surface area contributed by atoms with E-state index < -0.39 is 0 Å². The summed E-state index contributed by atoms with van der Waals surface area (Å²) >= 11 is 1.35. The number of benzene rings is 1. The van der Waals surface area contributed by atoms with Gasteiger partial charge in [0.05, 0.1) is 11.4 Å². The Balaban J connectivity index is 1.51. The fraction of sp³-hybridized carbons (Fsp3) is 0.364. The fourth-order valence-electron chi connectivity index (χ4n) is 3.77. The highest BCUT2D eigenvalue weighted by molar-refractivity contribution is 7.99. The predicted octanol–water partition coefficient (Wildman–Crippen LogP) is 4.36. The molecule has 29 heavy (non-hydrogen) atoms. The van der Waals surface area contributed by atoms with E-state index in [1.54, 1.807) is 0 Å². The number of nitrogens with zero attached hydrogens (tertiary/aromatic N) is 4. The molecule has 0 atom stereocenters. The lowest BCUT2D eigenvalue weighted by Gasteiger charge is -2.30. The first-order valence-electron chi connectivity index (χ1n) is 9.97. The molecule has 0 bridgehead atoms. The molecule has 3 heterocycles. The molecule has 3 aromatic rings. The number of thioether (sulfide) groups is 1. The van der Waals surface area contributed by atoms with Crippen LogP contribution in [-0.2, 0) is 4.79 Å². The van der Waals surface area contributed by atoms with E-state index in [0.29, 0.717) is 5.16 Å². The van der Waals surface area contributed by atoms with Gasteiger partial charge in [-0.05, 0) is 57.4 Å². The number of amides is 1. The average Bonchev–Trinajstić information content (AvgIpc) is 2.72. The van der Waals surface area contributed by atoms with Gasteiger partial charge in [-0.2, -0.15) is 0 Å². The summed E-state index contributed by atoms with van der Waals surface area (Å²) in [5, 5.41) is 5.77. The van der Waals surface area contributed by atoms with Gasteiger partial charge in [0.2, 0.25) is 5.91 Å². The molecule has 0 spiro atoms. The maximum absolute atomic E-state index is 12.6. The van der Waals surface area contributed by atoms with Gasteiger partial charge in [0, 0.05) is 53.3 Å². The Morgan fingerprint density at radius 1 is 1.07 bits per heavy atom. The molecule has 1 aliphatic heterocycles. The van der Waals surface area contributed by atoms with Crippen molar-refractivity contribution in [2.75, 3.05) is 29.1 Å². The largest absolute Gasteiger partial charge is 0.371 e. The zero-order valence-corrected chi connectivity index (χ0v) is 17.6. The first-order chi connectivity index (χ1) is 14.1. The molecule has 1 amide bonds. The van der Waals surface area contributed by atoms with Crippen LogP contribution in [0.3, 0.4) is 0 Å². The van der Waals surface area contributed by atoms with E-state index in [1.165, 1.54) is 36.7 Å². The zero-order valence-electron chi connectivity index (χ0n) is 16.8. The van der Waals surface area contributed by atoms with Crippen molar-refractivity contribution >= 4 is 39.8 Å². The van der Waals surface area contributed by atoms with Crippen LogP contribution in [0.25, 0.3) is 10.8 Å². The normalized spacial score (nSPS) is 14.2. The van der Waals surface area contributed by atoms with E-state index in [4.69, 9.17) is 0 Å². The van der Waals surface area contributed by atoms with Crippen molar-refractivity contribution in [3.8, 4) is 0 Å². The van der Waals surface area contributed by atoms with Gasteiger partial charge in [-0.1, -0.05) is 11.8 Å². The molecule has 0 unspecified atom stereocenters. The maximum Gasteiger partial charge on any atom is 0.234 e. The summed E-state index contributed by atoms with van der Waals surface area (Å²) in [6.45, 7) is 6.02. The van der Waals surface area contributed by atoms with Crippen molar-refractivity contribution in [2.45, 2.75) is 38.3 Å². The Morgan fingerprint density at radius 3 is 2.59 bits per heavy atom. The smallest absolute Gasteiger partial charge is 0.234 e. The SMILES string of the molecule is Cc1cc(C)nc(SCC(=O)Nc2ccc(N3CCCCC3)c3ccncc23)n1. The summed E-state index contributed by atoms with van der Waals surface area (Å²) in [5.74, 6) is 0.187. The molecule has 0 radical (unpaired) electrons. The van der Waals surface area contributed by atoms with Crippen molar-refractivity contribution < 1.29 is 4.79 Å². The first-order valence-corrected chi connectivity index (χ1v) is 11.0. The van der Waals surface area contributed by atoms with Gasteiger partial charge in [0.15, 0.2) is 5.16 Å². The van der Waals surface area contributed by atoms with Crippen molar-refractivity contribution in [3.05, 3.63) is 48.0 Å². The second kappa shape index (κ2) is 8.78. The minimum Gasteiger partial charge on any atom is -0.371 e. The Bertz CT molecular complexity index is 1010. The standard InChI is InChI=1S/C22H25N5OS/c1-15-12-16(2)25-22(24-15)29-14-21(28)26-19-6-7-20(27-10-4-3-5-11-27)17-8-9-23-13-18(17)19/h6-9,12-13H,3-5,10-11,14H2,1-2H3,(H,26,28). The molecular weight excluding hydrogens is 382 g/mol. The average molecular weight is 408 g/mol. The number of aromatic nitrogens is 3. The second-order valence-corrected chi connectivity index (χ2v) is 8.31. The number of nitrogens with one attached hydrogen (secondary N) is 1. The van der Waals surface area contributed by atoms with Gasteiger partial charge < -0.3 is 10.2 Å². The molecule has 2 aromatic heterocycles. The Hall–Kier alpha value is -2.67. The van der Waals surface area contributed by atoms with Crippen LogP contribution >= 0.6 is 11.8 Å². The van der Waals surface area contributed by atoms with Gasteiger partial charge in [-0.15, -0.1) is 0 Å². The summed E-state index contributed by atoms with van der Waals surface area (Å²) in [6.07, 6.45) is 7.39. The van der Waals surface area contributed by atoms with E-state index >= 15 is 0 Å². The summed E-state index contributed by atoms with van der Waals surface area (Å²) in [7, 11) is 0. The minimum absolute atomic E-state index is 0.0753. The van der Waals surface area contributed by atoms with E-state index in [-0.39, 0.29) is 11.7 Å². The lowest BCUT2D eigenvalue weighted by molar-refractivity contribution is -0.113. The van der Waals surface area contributed by atoms with Crippen LogP contribution in [-0.4, -0.2) is 39.7 Å². The number of aryl methyl sites for hydroxylation is 2. The molecule has 1 saturated heterocycles. The number of rotatable bonds is 5. The number of pyridine rings is 1. The molecule has 6 nitrogen and oxygen atoms in total. The first kappa shape index (κ1) is 19.6. The van der Waals surface area contributed by atoms with E-state index in [0.717, 1.165) is 40.9 Å². The lowest BCUT2D eigenvalue weighted by atomic mass is 10.1. The van der Waals surface area contributed by atoms with E-state index in [2.05, 4.69) is 31.2 Å². The number of piperidine rings is 1. The highest BCUT2D eigenvalue weighted by atomic mass is 32.2. The molecule has 1 aliphatic rings. The van der Waals surface area contributed by atoms with Crippen LogP contribution in [0.5, 0.6) is 0 Å². The molecule has 150 valence electrons. The van der Waals surface area contributed by atoms with Crippen LogP contribution in [0.1, 0.15) is 30.7 Å². The molecule has 1 fully saturated rings. The second-order valence-electron chi connectivity index (χ2n) is 7.37. The number of hydrogen-bond acceptors (Lipinski definition) is 6. The van der Waals surface area contributed by atoms with Crippen LogP contribution in [0.4, 0.5) is 11.4 Å². The van der Waals surface area contributed by atoms with Crippen molar-refractivity contribution in [1.82, 2.24) is 15.0 Å². The van der Waals surface area contributed by atoms with Gasteiger partial charge in [0.1, 0.15) is 0 Å². The van der Waals surface area contributed by atoms with Crippen LogP contribution in [0.15, 0.2) is 41.8 Å². The fourth-order valence-corrected chi connectivity index (χ4v) is 4.52. The molecule has 7 heteroatoms. The number of fused-ring (bicyclic) bond motifs is 1. The minimum atomic E-state index is -0.0753. The van der Waals surface area contributed by atoms with Gasteiger partial charge >= 0.3 is 0 Å². The molecule has 1 aromatic carbocycles. The third kappa shape index (κ3) is 4.67. The Morgan fingerprint density at radius 2 is 1.83 bits per heavy atom. The molecular formula is C22H25N5OS. The van der Waals surface area contributed by atoms with Crippen molar-refractivity contribution in [3.63, 3.8) is 0 Å². The van der Waals surface area contributed by atoms with Gasteiger partial charge in [-0.3, -0.25) is 9.78 Å². The zero-order chi connectivity index (χ0) is 20.2. The maximum atomic E-state index is 12.6. The van der Waals surface area contributed by atoms with E-state index in [9.17, 15) is 4.79 Å². The molecule has 4 rings (SSSR count). The summed E-state index contributed by atoms with van der Waals surface area (Å²) in [4.78, 5) is 28.1. The summed E-state index contributed by atoms with van der Waals surface area (Å²) in [5.41, 5.74) is 3.83. The number of hydrogen-bond donors (Lipinski definition) is 1. The topological polar surface area (TPSA) is 71.0 Å². The van der Waals surface area contributed by atoms with Gasteiger partial charge in [-0.25, -0.2) is 9.97 Å². The highest BCUT2D eigenvalue weighted by Crippen LogP contribution is 2.33. The van der Waals surface area contributed by atoms with Crippen LogP contribution in [0, 0.1) is 13.8 Å². The number of carbonyl (C=O) groups excluding carboxylic acids is 1. The number of anilines is 2. The monoisotopic (exact) mass is 407 g/mol. The summed E-state index contributed by atoms with van der Waals surface area (Å²) in [6, 6.07) is 8.06. The van der Waals surface area contributed by atoms with Gasteiger partial charge in [0.25, 0.3) is 0 Å². The Kier molecular flexibility index (Phi) is 5.94. The number of carbonyl (C=O) groups is 1. The molecule has 0 aliphatic carbocycles. The third-order valence-electron chi connectivity index (χ3n) is 5.06. The highest BCUT2D eigenvalue weighted by Gasteiger charge is 2.16.